The minimum absolute atomic E-state index is 0.156. The van der Waals surface area contributed by atoms with Gasteiger partial charge in [-0.05, 0) is 42.3 Å². The Morgan fingerprint density at radius 1 is 0.971 bits per heavy atom. The van der Waals surface area contributed by atoms with Crippen molar-refractivity contribution in [3.05, 3.63) is 54.2 Å². The van der Waals surface area contributed by atoms with Crippen LogP contribution in [0.5, 0.6) is 0 Å². The normalized spacial score (nSPS) is 19.7. The first kappa shape index (κ1) is 23.2. The topological polar surface area (TPSA) is 179 Å². The minimum atomic E-state index is -4.49. The van der Waals surface area contributed by atoms with E-state index < -0.39 is 36.0 Å². The van der Waals surface area contributed by atoms with Gasteiger partial charge in [-0.1, -0.05) is 24.3 Å². The van der Waals surface area contributed by atoms with Crippen LogP contribution in [0.3, 0.4) is 0 Å². The molecule has 2 aliphatic rings. The molecule has 2 saturated heterocycles. The van der Waals surface area contributed by atoms with Crippen LogP contribution in [0, 0.1) is 0 Å². The molecule has 1 aromatic heterocycles. The molecule has 5 rings (SSSR count). The molecule has 2 aromatic carbocycles. The molecule has 180 valence electrons. The Morgan fingerprint density at radius 3 is 2.47 bits per heavy atom. The molecule has 0 radical (unpaired) electrons. The Labute approximate surface area is 196 Å². The molecule has 3 heterocycles. The van der Waals surface area contributed by atoms with Crippen LogP contribution in [-0.2, 0) is 20.0 Å². The van der Waals surface area contributed by atoms with Gasteiger partial charge in [0.15, 0.2) is 0 Å². The first-order chi connectivity index (χ1) is 16.3. The third-order valence-electron chi connectivity index (χ3n) is 5.84. The van der Waals surface area contributed by atoms with Crippen LogP contribution in [0.1, 0.15) is 18.2 Å². The molecule has 0 saturated carbocycles. The molecule has 0 bridgehead atoms. The van der Waals surface area contributed by atoms with Crippen molar-refractivity contribution in [3.63, 3.8) is 0 Å². The molecule has 1 atom stereocenters. The van der Waals surface area contributed by atoms with Crippen LogP contribution in [0.4, 0.5) is 0 Å². The second-order valence-electron chi connectivity index (χ2n) is 8.06. The van der Waals surface area contributed by atoms with Crippen molar-refractivity contribution in [2.75, 3.05) is 13.1 Å². The summed E-state index contributed by atoms with van der Waals surface area (Å²) in [4.78, 5) is 3.48. The number of pyridine rings is 1. The summed E-state index contributed by atoms with van der Waals surface area (Å²) in [6, 6.07) is 11.6. The van der Waals surface area contributed by atoms with Crippen LogP contribution in [0.15, 0.2) is 58.5 Å². The highest BCUT2D eigenvalue weighted by Crippen LogP contribution is 2.39. The summed E-state index contributed by atoms with van der Waals surface area (Å²) in [5.74, 6) is 0. The van der Waals surface area contributed by atoms with Gasteiger partial charge in [-0.25, -0.2) is 37.5 Å². The lowest BCUT2D eigenvalue weighted by Crippen LogP contribution is -2.38. The number of hydrazine groups is 3. The van der Waals surface area contributed by atoms with E-state index in [4.69, 9.17) is 5.14 Å². The van der Waals surface area contributed by atoms with E-state index in [1.165, 1.54) is 6.07 Å². The predicted molar refractivity (Wildman–Crippen MR) is 125 cm³/mol. The number of fused-ring (bicyclic) bond motifs is 1. The molecular weight excluding hydrogens is 480 g/mol. The van der Waals surface area contributed by atoms with Crippen LogP contribution in [0.25, 0.3) is 22.0 Å². The van der Waals surface area contributed by atoms with E-state index in [2.05, 4.69) is 36.9 Å². The lowest BCUT2D eigenvalue weighted by Gasteiger charge is -2.23. The number of hydrogen-bond donors (Lipinski definition) is 7. The summed E-state index contributed by atoms with van der Waals surface area (Å²) < 4.78 is 55.1. The zero-order valence-electron chi connectivity index (χ0n) is 17.9. The first-order valence-corrected chi connectivity index (χ1v) is 13.6. The number of hydrogen-bond acceptors (Lipinski definition) is 10. The molecule has 34 heavy (non-hydrogen) atoms. The molecule has 0 spiro atoms. The Bertz CT molecular complexity index is 1450. The molecule has 14 heteroatoms. The monoisotopic (exact) mass is 504 g/mol. The quantitative estimate of drug-likeness (QED) is 0.227. The van der Waals surface area contributed by atoms with Crippen molar-refractivity contribution >= 4 is 30.9 Å². The molecule has 0 aliphatic carbocycles. The lowest BCUT2D eigenvalue weighted by molar-refractivity contribution is 0.530. The van der Waals surface area contributed by atoms with E-state index in [9.17, 15) is 16.8 Å². The van der Waals surface area contributed by atoms with Gasteiger partial charge in [0, 0.05) is 29.7 Å². The maximum atomic E-state index is 13.3. The fourth-order valence-electron chi connectivity index (χ4n) is 4.38. The van der Waals surface area contributed by atoms with Gasteiger partial charge >= 0.3 is 0 Å². The summed E-state index contributed by atoms with van der Waals surface area (Å²) >= 11 is 0. The maximum absolute atomic E-state index is 13.3. The second kappa shape index (κ2) is 8.92. The largest absolute Gasteiger partial charge is 0.315 e. The highest BCUT2D eigenvalue weighted by atomic mass is 32.2. The van der Waals surface area contributed by atoms with E-state index in [1.807, 2.05) is 18.2 Å². The fourth-order valence-corrected chi connectivity index (χ4v) is 7.31. The van der Waals surface area contributed by atoms with E-state index >= 15 is 0 Å². The zero-order valence-corrected chi connectivity index (χ0v) is 19.5. The van der Waals surface area contributed by atoms with Gasteiger partial charge in [0.2, 0.25) is 20.0 Å². The summed E-state index contributed by atoms with van der Waals surface area (Å²) in [7, 11) is -8.70. The number of nitrogens with one attached hydrogen (secondary N) is 6. The number of aromatic nitrogens is 1. The van der Waals surface area contributed by atoms with Crippen molar-refractivity contribution in [3.8, 4) is 11.1 Å². The summed E-state index contributed by atoms with van der Waals surface area (Å²) in [5.41, 5.74) is 13.1. The molecule has 0 amide bonds. The Kier molecular flexibility index (Phi) is 6.09. The minimum Gasteiger partial charge on any atom is -0.315 e. The summed E-state index contributed by atoms with van der Waals surface area (Å²) in [5, 5.41) is 9.51. The van der Waals surface area contributed by atoms with Gasteiger partial charge in [0.1, 0.15) is 16.0 Å². The Hall–Kier alpha value is -2.53. The van der Waals surface area contributed by atoms with E-state index in [-0.39, 0.29) is 11.6 Å². The average molecular weight is 505 g/mol. The third kappa shape index (κ3) is 4.31. The molecule has 2 fully saturated rings. The smallest absolute Gasteiger partial charge is 0.242 e. The number of nitrogens with two attached hydrogens (primary N) is 1. The number of primary sulfonamides is 1. The standard InChI is InChI=1S/C20H24N8O4S2/c21-33(29,30)19-17(34(31,32)26-12-8-10-22-11-12)7-6-15(18(19)20-24-27-28-25-20)13-3-1-5-16-14(13)4-2-9-23-16/h1-7,9,12,20,22,24-28H,8,10-11H2,(H2,21,29,30)/t12-/m1/s1. The second-order valence-corrected chi connectivity index (χ2v) is 11.2. The van der Waals surface area contributed by atoms with Crippen LogP contribution in [0.2, 0.25) is 0 Å². The fraction of sp³-hybridized carbons (Fsp3) is 0.250. The van der Waals surface area contributed by atoms with E-state index in [0.717, 1.165) is 5.39 Å². The average Bonchev–Trinajstić information content (AvgIpc) is 3.51. The number of sulfonamides is 2. The third-order valence-corrected chi connectivity index (χ3v) is 8.54. The van der Waals surface area contributed by atoms with Crippen molar-refractivity contribution < 1.29 is 16.8 Å². The van der Waals surface area contributed by atoms with Crippen molar-refractivity contribution in [1.29, 1.82) is 0 Å². The molecule has 8 N–H and O–H groups in total. The number of rotatable bonds is 6. The van der Waals surface area contributed by atoms with Crippen molar-refractivity contribution in [2.45, 2.75) is 28.4 Å². The van der Waals surface area contributed by atoms with Gasteiger partial charge in [-0.2, -0.15) is 11.1 Å². The molecule has 2 aliphatic heterocycles. The van der Waals surface area contributed by atoms with Crippen LogP contribution < -0.4 is 37.1 Å². The molecular formula is C20H24N8O4S2. The molecule has 0 unspecified atom stereocenters. The zero-order chi connectivity index (χ0) is 23.9. The highest BCUT2D eigenvalue weighted by Gasteiger charge is 2.35. The Morgan fingerprint density at radius 2 is 1.76 bits per heavy atom. The highest BCUT2D eigenvalue weighted by molar-refractivity contribution is 7.92. The van der Waals surface area contributed by atoms with Gasteiger partial charge < -0.3 is 5.32 Å². The first-order valence-electron chi connectivity index (χ1n) is 10.5. The Balaban J connectivity index is 1.79. The number of nitrogens with zero attached hydrogens (tertiary/aromatic N) is 1. The molecule has 3 aromatic rings. The lowest BCUT2D eigenvalue weighted by atomic mass is 9.94. The maximum Gasteiger partial charge on any atom is 0.242 e. The van der Waals surface area contributed by atoms with E-state index in [1.54, 1.807) is 24.4 Å². The van der Waals surface area contributed by atoms with Crippen LogP contribution >= 0.6 is 0 Å². The predicted octanol–water partition coefficient (Wildman–Crippen LogP) is -0.695. The van der Waals surface area contributed by atoms with Crippen molar-refractivity contribution in [1.82, 2.24) is 36.9 Å². The SMILES string of the molecule is NS(=O)(=O)c1c(S(=O)(=O)N[C@@H]2CCNC2)ccc(-c2cccc3ncccc23)c1C1NNNN1. The van der Waals surface area contributed by atoms with Crippen LogP contribution in [-0.4, -0.2) is 41.0 Å². The van der Waals surface area contributed by atoms with Gasteiger partial charge in [0.05, 0.1) is 5.52 Å². The van der Waals surface area contributed by atoms with Gasteiger partial charge in [-0.3, -0.25) is 4.98 Å². The van der Waals surface area contributed by atoms with E-state index in [0.29, 0.717) is 36.2 Å². The van der Waals surface area contributed by atoms with Crippen molar-refractivity contribution in [2.24, 2.45) is 5.14 Å². The summed E-state index contributed by atoms with van der Waals surface area (Å²) in [6.45, 7) is 1.12. The van der Waals surface area contributed by atoms with Gasteiger partial charge in [0.25, 0.3) is 0 Å². The van der Waals surface area contributed by atoms with Gasteiger partial charge in [-0.15, -0.1) is 0 Å². The molecule has 12 nitrogen and oxygen atoms in total. The summed E-state index contributed by atoms with van der Waals surface area (Å²) in [6.07, 6.45) is 1.44. The number of benzene rings is 2.